The van der Waals surface area contributed by atoms with Crippen molar-refractivity contribution in [1.82, 2.24) is 10.0 Å². The topological polar surface area (TPSA) is 52.7 Å². The van der Waals surface area contributed by atoms with Gasteiger partial charge in [0.25, 0.3) is 5.91 Å². The van der Waals surface area contributed by atoms with Gasteiger partial charge in [-0.1, -0.05) is 37.5 Å². The molecule has 1 saturated carbocycles. The lowest BCUT2D eigenvalue weighted by Crippen LogP contribution is -2.42. The Morgan fingerprint density at radius 1 is 1.13 bits per heavy atom. The van der Waals surface area contributed by atoms with E-state index in [1.54, 1.807) is 0 Å². The van der Waals surface area contributed by atoms with Gasteiger partial charge >= 0.3 is 0 Å². The third-order valence-electron chi connectivity index (χ3n) is 6.36. The largest absolute Gasteiger partial charge is 0.326 e. The van der Waals surface area contributed by atoms with E-state index >= 15 is 0 Å². The monoisotopic (exact) mass is 405 g/mol. The number of rotatable bonds is 5. The fourth-order valence-corrected chi connectivity index (χ4v) is 4.92. The summed E-state index contributed by atoms with van der Waals surface area (Å²) in [6, 6.07) is 12.0. The summed E-state index contributed by atoms with van der Waals surface area (Å²) in [6.45, 7) is 5.10. The molecule has 158 valence electrons. The van der Waals surface area contributed by atoms with Crippen LogP contribution in [0.3, 0.4) is 0 Å². The molecule has 1 fully saturated rings. The molecule has 0 bridgehead atoms. The highest BCUT2D eigenvalue weighted by Crippen LogP contribution is 2.33. The summed E-state index contributed by atoms with van der Waals surface area (Å²) in [5.74, 6) is 0.715. The smallest absolute Gasteiger partial charge is 0.269 e. The Balaban J connectivity index is 1.56. The second kappa shape index (κ2) is 8.60. The van der Waals surface area contributed by atoms with Gasteiger partial charge in [0, 0.05) is 31.8 Å². The van der Waals surface area contributed by atoms with Crippen molar-refractivity contribution in [2.24, 2.45) is 5.92 Å². The molecule has 30 heavy (non-hydrogen) atoms. The molecular formula is C25H31N3O2. The Morgan fingerprint density at radius 3 is 2.63 bits per heavy atom. The SMILES string of the molecule is CC(=O)Nc1cccc(-c2cc(C)c3c(c2)CN(N(C)CC2CCCCC2)C3=O)c1. The van der Waals surface area contributed by atoms with Gasteiger partial charge in [0.15, 0.2) is 0 Å². The Kier molecular flexibility index (Phi) is 5.91. The lowest BCUT2D eigenvalue weighted by Gasteiger charge is -2.32. The first-order chi connectivity index (χ1) is 14.4. The minimum Gasteiger partial charge on any atom is -0.326 e. The van der Waals surface area contributed by atoms with Crippen LogP contribution in [0.5, 0.6) is 0 Å². The van der Waals surface area contributed by atoms with E-state index in [-0.39, 0.29) is 11.8 Å². The fourth-order valence-electron chi connectivity index (χ4n) is 4.92. The molecule has 0 spiro atoms. The van der Waals surface area contributed by atoms with Gasteiger partial charge in [0.05, 0.1) is 6.54 Å². The summed E-state index contributed by atoms with van der Waals surface area (Å²) in [6.07, 6.45) is 6.51. The molecule has 1 aliphatic carbocycles. The number of nitrogens with one attached hydrogen (secondary N) is 1. The molecule has 2 aromatic rings. The highest BCUT2D eigenvalue weighted by Gasteiger charge is 2.33. The Bertz CT molecular complexity index is 963. The second-order valence-corrected chi connectivity index (χ2v) is 8.80. The molecule has 0 atom stereocenters. The van der Waals surface area contributed by atoms with Crippen LogP contribution in [-0.2, 0) is 11.3 Å². The summed E-state index contributed by atoms with van der Waals surface area (Å²) in [7, 11) is 2.05. The van der Waals surface area contributed by atoms with Crippen LogP contribution < -0.4 is 5.32 Å². The zero-order valence-corrected chi connectivity index (χ0v) is 18.2. The number of hydrogen-bond acceptors (Lipinski definition) is 3. The van der Waals surface area contributed by atoms with Crippen molar-refractivity contribution in [1.29, 1.82) is 0 Å². The normalized spacial score (nSPS) is 16.8. The first kappa shape index (κ1) is 20.6. The number of amides is 2. The highest BCUT2D eigenvalue weighted by atomic mass is 16.2. The summed E-state index contributed by atoms with van der Waals surface area (Å²) in [5.41, 5.74) is 5.81. The van der Waals surface area contributed by atoms with E-state index in [0.29, 0.717) is 12.5 Å². The zero-order chi connectivity index (χ0) is 21.3. The quantitative estimate of drug-likeness (QED) is 0.761. The van der Waals surface area contributed by atoms with Crippen molar-refractivity contribution >= 4 is 17.5 Å². The Morgan fingerprint density at radius 2 is 1.90 bits per heavy atom. The standard InChI is InChI=1S/C25H31N3O2/c1-17-12-21(20-10-7-11-23(14-20)26-18(2)29)13-22-16-28(25(30)24(17)22)27(3)15-19-8-5-4-6-9-19/h7,10-14,19H,4-6,8-9,15-16H2,1-3H3,(H,26,29). The van der Waals surface area contributed by atoms with Crippen molar-refractivity contribution in [3.05, 3.63) is 53.1 Å². The molecule has 5 heteroatoms. The molecule has 0 unspecified atom stereocenters. The minimum atomic E-state index is -0.0838. The fraction of sp³-hybridized carbons (Fsp3) is 0.440. The second-order valence-electron chi connectivity index (χ2n) is 8.80. The van der Waals surface area contributed by atoms with E-state index in [2.05, 4.69) is 22.5 Å². The van der Waals surface area contributed by atoms with Crippen molar-refractivity contribution < 1.29 is 9.59 Å². The van der Waals surface area contributed by atoms with Crippen LogP contribution in [-0.4, -0.2) is 35.4 Å². The average Bonchev–Trinajstić information content (AvgIpc) is 3.05. The predicted octanol–water partition coefficient (Wildman–Crippen LogP) is 5.00. The number of carbonyl (C=O) groups excluding carboxylic acids is 2. The van der Waals surface area contributed by atoms with Gasteiger partial charge < -0.3 is 5.32 Å². The molecule has 1 aliphatic heterocycles. The molecule has 0 saturated heterocycles. The van der Waals surface area contributed by atoms with Gasteiger partial charge in [0.2, 0.25) is 5.91 Å². The molecule has 0 aromatic heterocycles. The summed E-state index contributed by atoms with van der Waals surface area (Å²) in [5, 5.41) is 6.88. The molecule has 1 N–H and O–H groups in total. The van der Waals surface area contributed by atoms with Gasteiger partial charge in [0.1, 0.15) is 0 Å². The number of fused-ring (bicyclic) bond motifs is 1. The molecule has 4 rings (SSSR count). The maximum atomic E-state index is 13.2. The number of hydrogen-bond donors (Lipinski definition) is 1. The van der Waals surface area contributed by atoms with E-state index in [1.165, 1.54) is 39.0 Å². The summed E-state index contributed by atoms with van der Waals surface area (Å²) < 4.78 is 0. The molecule has 2 amide bonds. The van der Waals surface area contributed by atoms with E-state index in [0.717, 1.165) is 40.0 Å². The van der Waals surface area contributed by atoms with Gasteiger partial charge in [-0.3, -0.25) is 14.6 Å². The van der Waals surface area contributed by atoms with Crippen LogP contribution in [0.1, 0.15) is 60.5 Å². The number of nitrogens with zero attached hydrogens (tertiary/aromatic N) is 2. The van der Waals surface area contributed by atoms with E-state index in [4.69, 9.17) is 0 Å². The van der Waals surface area contributed by atoms with Gasteiger partial charge in [-0.2, -0.15) is 0 Å². The van der Waals surface area contributed by atoms with Crippen LogP contribution in [0.25, 0.3) is 11.1 Å². The number of aryl methyl sites for hydroxylation is 1. The predicted molar refractivity (Wildman–Crippen MR) is 120 cm³/mol. The van der Waals surface area contributed by atoms with E-state index in [1.807, 2.05) is 43.2 Å². The van der Waals surface area contributed by atoms with Crippen molar-refractivity contribution in [3.63, 3.8) is 0 Å². The number of anilines is 1. The van der Waals surface area contributed by atoms with E-state index in [9.17, 15) is 9.59 Å². The Hall–Kier alpha value is -2.66. The molecule has 2 aliphatic rings. The van der Waals surface area contributed by atoms with Crippen molar-refractivity contribution in [3.8, 4) is 11.1 Å². The number of hydrazine groups is 1. The zero-order valence-electron chi connectivity index (χ0n) is 18.2. The maximum Gasteiger partial charge on any atom is 0.269 e. The third-order valence-corrected chi connectivity index (χ3v) is 6.36. The Labute approximate surface area is 179 Å². The van der Waals surface area contributed by atoms with Gasteiger partial charge in [-0.25, -0.2) is 5.01 Å². The third kappa shape index (κ3) is 4.26. The summed E-state index contributed by atoms with van der Waals surface area (Å²) in [4.78, 5) is 24.5. The van der Waals surface area contributed by atoms with Crippen molar-refractivity contribution in [2.75, 3.05) is 18.9 Å². The van der Waals surface area contributed by atoms with Gasteiger partial charge in [-0.15, -0.1) is 0 Å². The molecule has 5 nitrogen and oxygen atoms in total. The minimum absolute atomic E-state index is 0.0838. The molecule has 2 aromatic carbocycles. The maximum absolute atomic E-state index is 13.2. The summed E-state index contributed by atoms with van der Waals surface area (Å²) >= 11 is 0. The van der Waals surface area contributed by atoms with Crippen LogP contribution in [0.4, 0.5) is 5.69 Å². The molecule has 1 heterocycles. The molecule has 0 radical (unpaired) electrons. The van der Waals surface area contributed by atoms with E-state index < -0.39 is 0 Å². The first-order valence-electron chi connectivity index (χ1n) is 11.0. The molecular weight excluding hydrogens is 374 g/mol. The lowest BCUT2D eigenvalue weighted by molar-refractivity contribution is -0.114. The average molecular weight is 406 g/mol. The van der Waals surface area contributed by atoms with Crippen LogP contribution in [0.2, 0.25) is 0 Å². The van der Waals surface area contributed by atoms with Crippen LogP contribution in [0.15, 0.2) is 36.4 Å². The highest BCUT2D eigenvalue weighted by molar-refractivity contribution is 6.00. The van der Waals surface area contributed by atoms with Gasteiger partial charge in [-0.05, 0) is 66.1 Å². The number of carbonyl (C=O) groups is 2. The number of benzene rings is 2. The van der Waals surface area contributed by atoms with Crippen LogP contribution >= 0.6 is 0 Å². The van der Waals surface area contributed by atoms with Crippen molar-refractivity contribution in [2.45, 2.75) is 52.5 Å². The lowest BCUT2D eigenvalue weighted by atomic mass is 9.89. The first-order valence-corrected chi connectivity index (χ1v) is 11.0. The van der Waals surface area contributed by atoms with Crippen LogP contribution in [0, 0.1) is 12.8 Å².